The number of carbonyl (C=O) groups is 1. The van der Waals surface area contributed by atoms with Crippen LogP contribution in [-0.4, -0.2) is 42.0 Å². The molecule has 0 radical (unpaired) electrons. The Morgan fingerprint density at radius 2 is 2.06 bits per heavy atom. The lowest BCUT2D eigenvalue weighted by Crippen LogP contribution is -2.40. The first-order valence-corrected chi connectivity index (χ1v) is 5.40. The van der Waals surface area contributed by atoms with E-state index < -0.39 is 16.4 Å². The van der Waals surface area contributed by atoms with Crippen LogP contribution in [0.1, 0.15) is 10.4 Å². The Labute approximate surface area is 102 Å². The Balaban J connectivity index is 2.24. The summed E-state index contributed by atoms with van der Waals surface area (Å²) in [4.78, 5) is 23.3. The Kier molecular flexibility index (Phi) is 3.52. The number of rotatable bonds is 2. The Morgan fingerprint density at radius 1 is 1.39 bits per heavy atom. The van der Waals surface area contributed by atoms with Gasteiger partial charge in [-0.3, -0.25) is 14.9 Å². The first-order valence-electron chi connectivity index (χ1n) is 5.40. The van der Waals surface area contributed by atoms with Gasteiger partial charge in [-0.2, -0.15) is 4.39 Å². The third-order valence-electron chi connectivity index (χ3n) is 2.69. The molecule has 1 aliphatic rings. The van der Waals surface area contributed by atoms with Gasteiger partial charge in [-0.05, 0) is 12.1 Å². The van der Waals surface area contributed by atoms with Crippen molar-refractivity contribution in [1.29, 1.82) is 0 Å². The lowest BCUT2D eigenvalue weighted by molar-refractivity contribution is -0.387. The van der Waals surface area contributed by atoms with Crippen LogP contribution in [-0.2, 0) is 4.74 Å². The minimum Gasteiger partial charge on any atom is -0.378 e. The molecule has 7 heteroatoms. The van der Waals surface area contributed by atoms with E-state index in [9.17, 15) is 19.3 Å². The topological polar surface area (TPSA) is 72.7 Å². The van der Waals surface area contributed by atoms with Crippen molar-refractivity contribution in [2.75, 3.05) is 26.3 Å². The third kappa shape index (κ3) is 2.45. The minimum absolute atomic E-state index is 0.116. The van der Waals surface area contributed by atoms with Crippen LogP contribution in [0.4, 0.5) is 10.1 Å². The lowest BCUT2D eigenvalue weighted by atomic mass is 10.1. The quantitative estimate of drug-likeness (QED) is 0.587. The number of nitro groups is 1. The van der Waals surface area contributed by atoms with Gasteiger partial charge in [0.2, 0.25) is 5.82 Å². The predicted octanol–water partition coefficient (Wildman–Crippen LogP) is 1.21. The summed E-state index contributed by atoms with van der Waals surface area (Å²) in [5.41, 5.74) is -0.570. The normalized spacial score (nSPS) is 15.5. The number of ether oxygens (including phenoxy) is 1. The molecule has 6 nitrogen and oxygen atoms in total. The van der Waals surface area contributed by atoms with Gasteiger partial charge >= 0.3 is 5.69 Å². The largest absolute Gasteiger partial charge is 0.378 e. The first kappa shape index (κ1) is 12.4. The van der Waals surface area contributed by atoms with E-state index in [1.807, 2.05) is 0 Å². The maximum absolute atomic E-state index is 13.1. The van der Waals surface area contributed by atoms with Crippen LogP contribution in [0.15, 0.2) is 18.2 Å². The van der Waals surface area contributed by atoms with Gasteiger partial charge in [-0.15, -0.1) is 0 Å². The molecule has 1 saturated heterocycles. The number of amides is 1. The molecule has 0 aromatic heterocycles. The molecule has 1 heterocycles. The number of carbonyl (C=O) groups excluding carboxylic acids is 1. The predicted molar refractivity (Wildman–Crippen MR) is 59.8 cm³/mol. The number of halogens is 1. The fourth-order valence-electron chi connectivity index (χ4n) is 1.73. The second-order valence-corrected chi connectivity index (χ2v) is 3.83. The van der Waals surface area contributed by atoms with Gasteiger partial charge in [0.1, 0.15) is 0 Å². The van der Waals surface area contributed by atoms with Crippen LogP contribution in [0.2, 0.25) is 0 Å². The monoisotopic (exact) mass is 254 g/mol. The van der Waals surface area contributed by atoms with Crippen LogP contribution >= 0.6 is 0 Å². The van der Waals surface area contributed by atoms with Crippen molar-refractivity contribution in [3.63, 3.8) is 0 Å². The molecule has 0 atom stereocenters. The molecule has 0 aliphatic carbocycles. The molecule has 96 valence electrons. The van der Waals surface area contributed by atoms with E-state index in [1.165, 1.54) is 11.0 Å². The molecule has 1 aliphatic heterocycles. The van der Waals surface area contributed by atoms with Crippen molar-refractivity contribution in [1.82, 2.24) is 4.90 Å². The Bertz CT molecular complexity index is 486. The molecule has 1 aromatic carbocycles. The molecule has 1 amide bonds. The average Bonchev–Trinajstić information content (AvgIpc) is 2.39. The number of benzene rings is 1. The first-order chi connectivity index (χ1) is 8.59. The van der Waals surface area contributed by atoms with Gasteiger partial charge in [0, 0.05) is 24.7 Å². The third-order valence-corrected chi connectivity index (χ3v) is 2.69. The standard InChI is InChI=1S/C11H11FN2O4/c12-9-2-1-8(7-10(9)14(16)17)11(15)13-3-5-18-6-4-13/h1-2,7H,3-6H2. The highest BCUT2D eigenvalue weighted by molar-refractivity contribution is 5.94. The summed E-state index contributed by atoms with van der Waals surface area (Å²) >= 11 is 0. The van der Waals surface area contributed by atoms with E-state index in [2.05, 4.69) is 0 Å². The highest BCUT2D eigenvalue weighted by atomic mass is 19.1. The number of hydrogen-bond acceptors (Lipinski definition) is 4. The number of nitrogens with zero attached hydrogens (tertiary/aromatic N) is 2. The molecule has 0 spiro atoms. The van der Waals surface area contributed by atoms with Crippen molar-refractivity contribution < 1.29 is 18.8 Å². The molecule has 0 N–H and O–H groups in total. The van der Waals surface area contributed by atoms with Gasteiger partial charge in [-0.25, -0.2) is 0 Å². The fourth-order valence-corrected chi connectivity index (χ4v) is 1.73. The van der Waals surface area contributed by atoms with Crippen LogP contribution in [0.3, 0.4) is 0 Å². The van der Waals surface area contributed by atoms with Crippen molar-refractivity contribution in [3.8, 4) is 0 Å². The fraction of sp³-hybridized carbons (Fsp3) is 0.364. The Morgan fingerprint density at radius 3 is 2.67 bits per heavy atom. The van der Waals surface area contributed by atoms with E-state index in [0.29, 0.717) is 26.3 Å². The zero-order chi connectivity index (χ0) is 13.1. The molecule has 2 rings (SSSR count). The van der Waals surface area contributed by atoms with Crippen LogP contribution in [0.5, 0.6) is 0 Å². The van der Waals surface area contributed by atoms with E-state index in [4.69, 9.17) is 4.74 Å². The molecule has 1 fully saturated rings. The van der Waals surface area contributed by atoms with E-state index in [1.54, 1.807) is 0 Å². The zero-order valence-corrected chi connectivity index (χ0v) is 9.47. The van der Waals surface area contributed by atoms with Gasteiger partial charge in [0.05, 0.1) is 18.1 Å². The summed E-state index contributed by atoms with van der Waals surface area (Å²) in [5, 5.41) is 10.6. The summed E-state index contributed by atoms with van der Waals surface area (Å²) in [7, 11) is 0. The van der Waals surface area contributed by atoms with E-state index in [-0.39, 0.29) is 11.5 Å². The molecule has 18 heavy (non-hydrogen) atoms. The van der Waals surface area contributed by atoms with Crippen LogP contribution < -0.4 is 0 Å². The number of hydrogen-bond donors (Lipinski definition) is 0. The highest BCUT2D eigenvalue weighted by Gasteiger charge is 2.22. The number of morpholine rings is 1. The molecule has 0 unspecified atom stereocenters. The smallest absolute Gasteiger partial charge is 0.305 e. The van der Waals surface area contributed by atoms with Gasteiger partial charge in [-0.1, -0.05) is 0 Å². The summed E-state index contributed by atoms with van der Waals surface area (Å²) in [6.45, 7) is 1.75. The summed E-state index contributed by atoms with van der Waals surface area (Å²) in [5.74, 6) is -1.29. The van der Waals surface area contributed by atoms with Gasteiger partial charge in [0.25, 0.3) is 5.91 Å². The van der Waals surface area contributed by atoms with E-state index in [0.717, 1.165) is 12.1 Å². The zero-order valence-electron chi connectivity index (χ0n) is 9.47. The average molecular weight is 254 g/mol. The highest BCUT2D eigenvalue weighted by Crippen LogP contribution is 2.19. The second kappa shape index (κ2) is 5.09. The van der Waals surface area contributed by atoms with Crippen LogP contribution in [0, 0.1) is 15.9 Å². The minimum atomic E-state index is -0.946. The molecule has 1 aromatic rings. The lowest BCUT2D eigenvalue weighted by Gasteiger charge is -2.26. The van der Waals surface area contributed by atoms with Crippen molar-refractivity contribution in [2.45, 2.75) is 0 Å². The van der Waals surface area contributed by atoms with E-state index >= 15 is 0 Å². The molecular formula is C11H11FN2O4. The van der Waals surface area contributed by atoms with Crippen LogP contribution in [0.25, 0.3) is 0 Å². The molecule has 0 bridgehead atoms. The Hall–Kier alpha value is -2.02. The van der Waals surface area contributed by atoms with Gasteiger partial charge < -0.3 is 9.64 Å². The van der Waals surface area contributed by atoms with Crippen molar-refractivity contribution >= 4 is 11.6 Å². The second-order valence-electron chi connectivity index (χ2n) is 3.83. The number of nitro benzene ring substituents is 1. The van der Waals surface area contributed by atoms with Crippen molar-refractivity contribution in [2.24, 2.45) is 0 Å². The molecular weight excluding hydrogens is 243 g/mol. The SMILES string of the molecule is O=C(c1ccc(F)c([N+](=O)[O-])c1)N1CCOCC1. The van der Waals surface area contributed by atoms with Crippen molar-refractivity contribution in [3.05, 3.63) is 39.7 Å². The summed E-state index contributed by atoms with van der Waals surface area (Å²) in [6, 6.07) is 3.15. The maximum atomic E-state index is 13.1. The summed E-state index contributed by atoms with van der Waals surface area (Å²) < 4.78 is 18.2. The summed E-state index contributed by atoms with van der Waals surface area (Å²) in [6.07, 6.45) is 0. The molecule has 0 saturated carbocycles. The maximum Gasteiger partial charge on any atom is 0.305 e. The van der Waals surface area contributed by atoms with Gasteiger partial charge in [0.15, 0.2) is 0 Å².